The van der Waals surface area contributed by atoms with Crippen LogP contribution in [0, 0.1) is 6.92 Å². The van der Waals surface area contributed by atoms with Gasteiger partial charge in [-0.1, -0.05) is 30.7 Å². The SMILES string of the molecule is CCCNC(C1=CCCO1)c1cccc(Cl)c1C. The van der Waals surface area contributed by atoms with Gasteiger partial charge < -0.3 is 10.1 Å². The normalized spacial score (nSPS) is 16.3. The largest absolute Gasteiger partial charge is 0.496 e. The molecule has 1 aliphatic rings. The van der Waals surface area contributed by atoms with E-state index in [1.54, 1.807) is 0 Å². The van der Waals surface area contributed by atoms with Crippen molar-refractivity contribution in [3.63, 3.8) is 0 Å². The third-order valence-corrected chi connectivity index (χ3v) is 3.65. The molecule has 1 atom stereocenters. The van der Waals surface area contributed by atoms with E-state index in [0.29, 0.717) is 0 Å². The fourth-order valence-corrected chi connectivity index (χ4v) is 2.41. The van der Waals surface area contributed by atoms with Crippen molar-refractivity contribution in [2.24, 2.45) is 0 Å². The molecule has 0 aromatic heterocycles. The summed E-state index contributed by atoms with van der Waals surface area (Å²) in [5.41, 5.74) is 2.34. The molecular formula is C15H20ClNO. The number of hydrogen-bond acceptors (Lipinski definition) is 2. The third kappa shape index (κ3) is 2.88. The van der Waals surface area contributed by atoms with E-state index in [1.165, 1.54) is 5.56 Å². The molecule has 1 unspecified atom stereocenters. The number of ether oxygens (including phenoxy) is 1. The van der Waals surface area contributed by atoms with Crippen LogP contribution in [0.5, 0.6) is 0 Å². The van der Waals surface area contributed by atoms with Crippen LogP contribution in [0.1, 0.15) is 36.9 Å². The molecule has 98 valence electrons. The lowest BCUT2D eigenvalue weighted by molar-refractivity contribution is 0.215. The highest BCUT2D eigenvalue weighted by molar-refractivity contribution is 6.31. The summed E-state index contributed by atoms with van der Waals surface area (Å²) in [7, 11) is 0. The monoisotopic (exact) mass is 265 g/mol. The average molecular weight is 266 g/mol. The summed E-state index contributed by atoms with van der Waals surface area (Å²) in [6, 6.07) is 6.19. The first-order chi connectivity index (χ1) is 8.74. The van der Waals surface area contributed by atoms with E-state index in [1.807, 2.05) is 12.1 Å². The van der Waals surface area contributed by atoms with Crippen LogP contribution in [0.3, 0.4) is 0 Å². The summed E-state index contributed by atoms with van der Waals surface area (Å²) in [4.78, 5) is 0. The summed E-state index contributed by atoms with van der Waals surface area (Å²) < 4.78 is 5.72. The summed E-state index contributed by atoms with van der Waals surface area (Å²) in [6.45, 7) is 5.99. The Labute approximate surface area is 114 Å². The second-order valence-corrected chi connectivity index (χ2v) is 4.99. The summed E-state index contributed by atoms with van der Waals surface area (Å²) in [6.07, 6.45) is 4.27. The molecule has 0 bridgehead atoms. The highest BCUT2D eigenvalue weighted by Gasteiger charge is 2.22. The van der Waals surface area contributed by atoms with Gasteiger partial charge in [-0.25, -0.2) is 0 Å². The Morgan fingerprint density at radius 3 is 2.94 bits per heavy atom. The standard InChI is InChI=1S/C15H20ClNO/c1-3-9-17-15(14-8-5-10-18-14)12-6-4-7-13(16)11(12)2/h4,6-8,15,17H,3,5,9-10H2,1-2H3. The molecule has 2 nitrogen and oxygen atoms in total. The van der Waals surface area contributed by atoms with Crippen molar-refractivity contribution < 1.29 is 4.74 Å². The van der Waals surface area contributed by atoms with Crippen molar-refractivity contribution in [1.82, 2.24) is 5.32 Å². The van der Waals surface area contributed by atoms with Crippen LogP contribution in [0.2, 0.25) is 5.02 Å². The van der Waals surface area contributed by atoms with Gasteiger partial charge in [-0.3, -0.25) is 0 Å². The Morgan fingerprint density at radius 1 is 1.44 bits per heavy atom. The van der Waals surface area contributed by atoms with E-state index < -0.39 is 0 Å². The molecule has 1 N–H and O–H groups in total. The van der Waals surface area contributed by atoms with Gasteiger partial charge in [0.05, 0.1) is 12.6 Å². The molecule has 0 aliphatic carbocycles. The van der Waals surface area contributed by atoms with E-state index in [2.05, 4.69) is 31.3 Å². The van der Waals surface area contributed by atoms with E-state index in [-0.39, 0.29) is 6.04 Å². The summed E-state index contributed by atoms with van der Waals surface area (Å²) in [5.74, 6) is 1.04. The molecule has 1 heterocycles. The topological polar surface area (TPSA) is 21.3 Å². The Kier molecular flexibility index (Phi) is 4.67. The molecule has 1 aliphatic heterocycles. The molecule has 2 rings (SSSR count). The average Bonchev–Trinajstić information content (AvgIpc) is 2.88. The van der Waals surface area contributed by atoms with E-state index in [4.69, 9.17) is 16.3 Å². The van der Waals surface area contributed by atoms with Gasteiger partial charge >= 0.3 is 0 Å². The minimum absolute atomic E-state index is 0.131. The minimum Gasteiger partial charge on any atom is -0.496 e. The molecular weight excluding hydrogens is 246 g/mol. The van der Waals surface area contributed by atoms with Gasteiger partial charge in [-0.15, -0.1) is 0 Å². The van der Waals surface area contributed by atoms with Crippen molar-refractivity contribution in [1.29, 1.82) is 0 Å². The fraction of sp³-hybridized carbons (Fsp3) is 0.467. The Morgan fingerprint density at radius 2 is 2.28 bits per heavy atom. The number of nitrogens with one attached hydrogen (secondary N) is 1. The molecule has 1 aromatic carbocycles. The van der Waals surface area contributed by atoms with Crippen LogP contribution < -0.4 is 5.32 Å². The fourth-order valence-electron chi connectivity index (χ4n) is 2.23. The van der Waals surface area contributed by atoms with Gasteiger partial charge in [0.15, 0.2) is 0 Å². The second kappa shape index (κ2) is 6.26. The predicted octanol–water partition coefficient (Wildman–Crippen LogP) is 3.99. The Hall–Kier alpha value is -0.990. The number of benzene rings is 1. The minimum atomic E-state index is 0.131. The van der Waals surface area contributed by atoms with Gasteiger partial charge in [-0.2, -0.15) is 0 Å². The maximum absolute atomic E-state index is 6.21. The molecule has 0 saturated heterocycles. The van der Waals surface area contributed by atoms with Crippen molar-refractivity contribution in [3.8, 4) is 0 Å². The van der Waals surface area contributed by atoms with Crippen molar-refractivity contribution in [2.45, 2.75) is 32.7 Å². The van der Waals surface area contributed by atoms with Crippen LogP contribution >= 0.6 is 11.6 Å². The molecule has 0 saturated carbocycles. The number of halogens is 1. The first kappa shape index (κ1) is 13.4. The van der Waals surface area contributed by atoms with E-state index >= 15 is 0 Å². The third-order valence-electron chi connectivity index (χ3n) is 3.24. The molecule has 1 aromatic rings. The van der Waals surface area contributed by atoms with Gasteiger partial charge in [-0.05, 0) is 43.2 Å². The van der Waals surface area contributed by atoms with Crippen LogP contribution in [0.15, 0.2) is 30.0 Å². The van der Waals surface area contributed by atoms with Crippen LogP contribution in [0.4, 0.5) is 0 Å². The highest BCUT2D eigenvalue weighted by Crippen LogP contribution is 2.31. The lowest BCUT2D eigenvalue weighted by Gasteiger charge is -2.22. The number of rotatable bonds is 5. The Bertz CT molecular complexity index is 442. The quantitative estimate of drug-likeness (QED) is 0.869. The van der Waals surface area contributed by atoms with Gasteiger partial charge in [0.2, 0.25) is 0 Å². The molecule has 0 spiro atoms. The van der Waals surface area contributed by atoms with Crippen molar-refractivity contribution in [2.75, 3.05) is 13.2 Å². The van der Waals surface area contributed by atoms with Crippen LogP contribution in [-0.4, -0.2) is 13.2 Å². The maximum Gasteiger partial charge on any atom is 0.114 e. The summed E-state index contributed by atoms with van der Waals surface area (Å²) >= 11 is 6.21. The van der Waals surface area contributed by atoms with Gasteiger partial charge in [0.1, 0.15) is 5.76 Å². The first-order valence-electron chi connectivity index (χ1n) is 6.55. The number of hydrogen-bond donors (Lipinski definition) is 1. The zero-order chi connectivity index (χ0) is 13.0. The maximum atomic E-state index is 6.21. The van der Waals surface area contributed by atoms with Crippen molar-refractivity contribution >= 4 is 11.6 Å². The lowest BCUT2D eigenvalue weighted by Crippen LogP contribution is -2.25. The Balaban J connectivity index is 2.30. The molecule has 18 heavy (non-hydrogen) atoms. The highest BCUT2D eigenvalue weighted by atomic mass is 35.5. The molecule has 3 heteroatoms. The molecule has 0 radical (unpaired) electrons. The smallest absolute Gasteiger partial charge is 0.114 e. The zero-order valence-corrected chi connectivity index (χ0v) is 11.8. The predicted molar refractivity (Wildman–Crippen MR) is 75.9 cm³/mol. The lowest BCUT2D eigenvalue weighted by atomic mass is 9.99. The molecule has 0 fully saturated rings. The first-order valence-corrected chi connectivity index (χ1v) is 6.93. The van der Waals surface area contributed by atoms with Crippen LogP contribution in [-0.2, 0) is 4.74 Å². The van der Waals surface area contributed by atoms with Crippen LogP contribution in [0.25, 0.3) is 0 Å². The van der Waals surface area contributed by atoms with Crippen molar-refractivity contribution in [3.05, 3.63) is 46.2 Å². The second-order valence-electron chi connectivity index (χ2n) is 4.58. The summed E-state index contributed by atoms with van der Waals surface area (Å²) in [5, 5.41) is 4.36. The van der Waals surface area contributed by atoms with Gasteiger partial charge in [0.25, 0.3) is 0 Å². The zero-order valence-electron chi connectivity index (χ0n) is 11.0. The molecule has 0 amide bonds. The van der Waals surface area contributed by atoms with Gasteiger partial charge in [0, 0.05) is 11.4 Å². The van der Waals surface area contributed by atoms with E-state index in [9.17, 15) is 0 Å². The van der Waals surface area contributed by atoms with E-state index in [0.717, 1.165) is 42.3 Å².